The zero-order valence-electron chi connectivity index (χ0n) is 13.9. The molecule has 3 rings (SSSR count). The van der Waals surface area contributed by atoms with Gasteiger partial charge in [0.1, 0.15) is 0 Å². The highest BCUT2D eigenvalue weighted by atomic mass is 127. The molecule has 1 aliphatic rings. The third-order valence-corrected chi connectivity index (χ3v) is 5.92. The van der Waals surface area contributed by atoms with Gasteiger partial charge in [-0.25, -0.2) is 4.79 Å². The predicted molar refractivity (Wildman–Crippen MR) is 112 cm³/mol. The molecule has 1 aliphatic heterocycles. The van der Waals surface area contributed by atoms with Gasteiger partial charge in [0.2, 0.25) is 0 Å². The van der Waals surface area contributed by atoms with Crippen LogP contribution in [0.4, 0.5) is 10.5 Å². The molecule has 2 amide bonds. The fraction of sp³-hybridized carbons (Fsp3) is 0.263. The highest BCUT2D eigenvalue weighted by molar-refractivity contribution is 14.1. The predicted octanol–water partition coefficient (Wildman–Crippen LogP) is 4.59. The molecule has 1 N–H and O–H groups in total. The molecule has 26 heavy (non-hydrogen) atoms. The van der Waals surface area contributed by atoms with Crippen LogP contribution in [0.1, 0.15) is 12.0 Å². The van der Waals surface area contributed by atoms with Crippen LogP contribution in [0.15, 0.2) is 53.0 Å². The summed E-state index contributed by atoms with van der Waals surface area (Å²) in [6, 6.07) is 15.3. The van der Waals surface area contributed by atoms with E-state index < -0.39 is 5.97 Å². The van der Waals surface area contributed by atoms with Gasteiger partial charge < -0.3 is 10.0 Å². The number of amides is 2. The molecule has 0 aliphatic carbocycles. The molecule has 1 saturated heterocycles. The van der Waals surface area contributed by atoms with E-state index in [0.717, 1.165) is 19.3 Å². The number of hydrogen-bond donors (Lipinski definition) is 1. The second-order valence-electron chi connectivity index (χ2n) is 6.31. The molecule has 1 fully saturated rings. The lowest BCUT2D eigenvalue weighted by Gasteiger charge is -2.40. The van der Waals surface area contributed by atoms with E-state index in [1.54, 1.807) is 9.80 Å². The summed E-state index contributed by atoms with van der Waals surface area (Å²) >= 11 is 5.66. The van der Waals surface area contributed by atoms with Crippen LogP contribution in [0.3, 0.4) is 0 Å². The number of nitrogens with zero attached hydrogens (tertiary/aromatic N) is 2. The number of carboxylic acid groups (broad SMARTS) is 1. The summed E-state index contributed by atoms with van der Waals surface area (Å²) in [4.78, 5) is 27.7. The summed E-state index contributed by atoms with van der Waals surface area (Å²) in [5, 5.41) is 9.22. The van der Waals surface area contributed by atoms with E-state index in [1.165, 1.54) is 0 Å². The Balaban J connectivity index is 1.87. The largest absolute Gasteiger partial charge is 0.481 e. The number of hydrogen-bond acceptors (Lipinski definition) is 2. The Labute approximate surface area is 174 Å². The number of carbonyl (C=O) groups is 2. The third-order valence-electron chi connectivity index (χ3n) is 4.34. The van der Waals surface area contributed by atoms with Crippen LogP contribution in [0.25, 0.3) is 0 Å². The molecule has 5 nitrogen and oxygen atoms in total. The zero-order chi connectivity index (χ0) is 18.7. The highest BCUT2D eigenvalue weighted by Gasteiger charge is 2.33. The number of aliphatic carboxylic acids is 1. The molecule has 1 atom stereocenters. The molecule has 136 valence electrons. The average molecular weight is 529 g/mol. The molecule has 0 aromatic heterocycles. The minimum atomic E-state index is -0.839. The maximum Gasteiger partial charge on any atom is 0.324 e. The van der Waals surface area contributed by atoms with Gasteiger partial charge in [0.05, 0.1) is 6.42 Å². The van der Waals surface area contributed by atoms with E-state index >= 15 is 0 Å². The molecule has 0 saturated carbocycles. The van der Waals surface area contributed by atoms with Crippen molar-refractivity contribution in [2.75, 3.05) is 18.0 Å². The molecule has 0 radical (unpaired) electrons. The Hall–Kier alpha value is -1.61. The van der Waals surface area contributed by atoms with Crippen molar-refractivity contribution in [3.05, 3.63) is 62.1 Å². The van der Waals surface area contributed by atoms with Crippen molar-refractivity contribution in [3.8, 4) is 0 Å². The van der Waals surface area contributed by atoms with Crippen molar-refractivity contribution >= 4 is 56.2 Å². The number of benzene rings is 2. The number of rotatable bonds is 5. The number of urea groups is 1. The molecule has 0 spiro atoms. The Bertz CT molecular complexity index is 813. The van der Waals surface area contributed by atoms with Gasteiger partial charge in [-0.1, -0.05) is 34.1 Å². The third kappa shape index (κ3) is 4.56. The van der Waals surface area contributed by atoms with Gasteiger partial charge >= 0.3 is 12.0 Å². The fourth-order valence-corrected chi connectivity index (χ4v) is 3.95. The molecular formula is C19H18BrIN2O3. The second kappa shape index (κ2) is 8.39. The van der Waals surface area contributed by atoms with Crippen LogP contribution in [-0.4, -0.2) is 35.1 Å². The van der Waals surface area contributed by atoms with Crippen molar-refractivity contribution in [3.63, 3.8) is 0 Å². The Morgan fingerprint density at radius 2 is 1.85 bits per heavy atom. The van der Waals surface area contributed by atoms with Crippen LogP contribution < -0.4 is 4.90 Å². The smallest absolute Gasteiger partial charge is 0.324 e. The number of carboxylic acids is 1. The molecular weight excluding hydrogens is 511 g/mol. The molecule has 2 aromatic carbocycles. The standard InChI is InChI=1S/C19H18BrIN2O3/c20-15-5-7-16(8-6-15)23-11-13(9-18(24)25)10-22(19(23)26)12-14-3-1-2-4-17(14)21/h1-8,13H,9-12H2,(H,24,25). The van der Waals surface area contributed by atoms with Crippen LogP contribution in [0.2, 0.25) is 0 Å². The van der Waals surface area contributed by atoms with E-state index in [9.17, 15) is 14.7 Å². The topological polar surface area (TPSA) is 60.9 Å². The highest BCUT2D eigenvalue weighted by Crippen LogP contribution is 2.27. The van der Waals surface area contributed by atoms with Crippen molar-refractivity contribution in [1.29, 1.82) is 0 Å². The van der Waals surface area contributed by atoms with Crippen molar-refractivity contribution < 1.29 is 14.7 Å². The Kier molecular flexibility index (Phi) is 6.18. The van der Waals surface area contributed by atoms with E-state index in [-0.39, 0.29) is 18.4 Å². The van der Waals surface area contributed by atoms with Gasteiger partial charge in [-0.05, 0) is 58.5 Å². The first-order valence-corrected chi connectivity index (χ1v) is 10.1. The van der Waals surface area contributed by atoms with E-state index in [0.29, 0.717) is 19.6 Å². The van der Waals surface area contributed by atoms with Crippen LogP contribution >= 0.6 is 38.5 Å². The lowest BCUT2D eigenvalue weighted by Crippen LogP contribution is -2.53. The summed E-state index contributed by atoms with van der Waals surface area (Å²) in [6.07, 6.45) is 0.0443. The first-order chi connectivity index (χ1) is 12.4. The van der Waals surface area contributed by atoms with Crippen LogP contribution in [0, 0.1) is 9.49 Å². The SMILES string of the molecule is O=C(O)CC1CN(Cc2ccccc2I)C(=O)N(c2ccc(Br)cc2)C1. The number of anilines is 1. The average Bonchev–Trinajstić information content (AvgIpc) is 2.60. The first-order valence-electron chi connectivity index (χ1n) is 8.21. The summed E-state index contributed by atoms with van der Waals surface area (Å²) < 4.78 is 2.02. The molecule has 1 unspecified atom stereocenters. The van der Waals surface area contributed by atoms with Gasteiger partial charge in [-0.3, -0.25) is 9.69 Å². The summed E-state index contributed by atoms with van der Waals surface area (Å²) in [6.45, 7) is 1.33. The van der Waals surface area contributed by atoms with Crippen molar-refractivity contribution in [2.24, 2.45) is 5.92 Å². The Morgan fingerprint density at radius 1 is 1.15 bits per heavy atom. The van der Waals surface area contributed by atoms with Crippen molar-refractivity contribution in [2.45, 2.75) is 13.0 Å². The summed E-state index contributed by atoms with van der Waals surface area (Å²) in [5.74, 6) is -0.954. The number of carbonyl (C=O) groups excluding carboxylic acids is 1. The fourth-order valence-electron chi connectivity index (χ4n) is 3.13. The maximum atomic E-state index is 13.0. The van der Waals surface area contributed by atoms with Crippen LogP contribution in [-0.2, 0) is 11.3 Å². The lowest BCUT2D eigenvalue weighted by atomic mass is 10.0. The van der Waals surface area contributed by atoms with Crippen molar-refractivity contribution in [1.82, 2.24) is 4.90 Å². The zero-order valence-corrected chi connectivity index (χ0v) is 17.7. The first kappa shape index (κ1) is 19.2. The molecule has 1 heterocycles. The summed E-state index contributed by atoms with van der Waals surface area (Å²) in [7, 11) is 0. The lowest BCUT2D eigenvalue weighted by molar-refractivity contribution is -0.138. The maximum absolute atomic E-state index is 13.0. The van der Waals surface area contributed by atoms with E-state index in [1.807, 2.05) is 48.5 Å². The molecule has 7 heteroatoms. The van der Waals surface area contributed by atoms with Gasteiger partial charge in [0, 0.05) is 39.3 Å². The summed E-state index contributed by atoms with van der Waals surface area (Å²) in [5.41, 5.74) is 1.84. The van der Waals surface area contributed by atoms with Gasteiger partial charge in [0.25, 0.3) is 0 Å². The van der Waals surface area contributed by atoms with Gasteiger partial charge in [-0.15, -0.1) is 0 Å². The normalized spacial score (nSPS) is 17.5. The molecule has 0 bridgehead atoms. The second-order valence-corrected chi connectivity index (χ2v) is 8.38. The van der Waals surface area contributed by atoms with Crippen LogP contribution in [0.5, 0.6) is 0 Å². The van der Waals surface area contributed by atoms with Gasteiger partial charge in [0.15, 0.2) is 0 Å². The number of halogens is 2. The molecule has 2 aromatic rings. The van der Waals surface area contributed by atoms with E-state index in [4.69, 9.17) is 0 Å². The van der Waals surface area contributed by atoms with E-state index in [2.05, 4.69) is 38.5 Å². The Morgan fingerprint density at radius 3 is 2.50 bits per heavy atom. The quantitative estimate of drug-likeness (QED) is 0.577. The minimum absolute atomic E-state index is 0.0443. The van der Waals surface area contributed by atoms with Gasteiger partial charge in [-0.2, -0.15) is 0 Å². The minimum Gasteiger partial charge on any atom is -0.481 e. The monoisotopic (exact) mass is 528 g/mol.